The third-order valence-electron chi connectivity index (χ3n) is 6.41. The van der Waals surface area contributed by atoms with E-state index in [0.29, 0.717) is 0 Å². The van der Waals surface area contributed by atoms with Crippen LogP contribution in [0, 0.1) is 6.92 Å². The van der Waals surface area contributed by atoms with Crippen molar-refractivity contribution in [1.82, 2.24) is 29.6 Å². The molecule has 0 bridgehead atoms. The van der Waals surface area contributed by atoms with Gasteiger partial charge in [-0.25, -0.2) is 19.6 Å². The summed E-state index contributed by atoms with van der Waals surface area (Å²) in [7, 11) is 0. The average molecular weight is 477 g/mol. The lowest BCUT2D eigenvalue weighted by Crippen LogP contribution is -2.37. The topological polar surface area (TPSA) is 84.2 Å². The Morgan fingerprint density at radius 1 is 1.03 bits per heavy atom. The number of morpholine rings is 1. The highest BCUT2D eigenvalue weighted by molar-refractivity contribution is 7.20. The molecule has 0 saturated carbocycles. The Labute approximate surface area is 202 Å². The molecule has 0 atom stereocenters. The van der Waals surface area contributed by atoms with Crippen LogP contribution in [0.5, 0.6) is 0 Å². The molecule has 0 radical (unpaired) electrons. The van der Waals surface area contributed by atoms with Crippen LogP contribution >= 0.6 is 11.3 Å². The van der Waals surface area contributed by atoms with Crippen LogP contribution in [-0.4, -0.2) is 69.0 Å². The van der Waals surface area contributed by atoms with Gasteiger partial charge in [-0.05, 0) is 51.1 Å². The number of ether oxygens (including phenoxy) is 1. The maximum Gasteiger partial charge on any atom is 0.211 e. The number of nitrogens with zero attached hydrogens (tertiary/aromatic N) is 7. The van der Waals surface area contributed by atoms with Crippen molar-refractivity contribution in [3.8, 4) is 5.13 Å². The van der Waals surface area contributed by atoms with Gasteiger partial charge in [0.1, 0.15) is 11.6 Å². The fraction of sp³-hybridized carbons (Fsp3) is 0.417. The second kappa shape index (κ2) is 9.28. The largest absolute Gasteiger partial charge is 0.378 e. The summed E-state index contributed by atoms with van der Waals surface area (Å²) >= 11 is 1.58. The first-order valence-electron chi connectivity index (χ1n) is 11.8. The number of thiazole rings is 1. The molecular formula is C24H28N8OS. The predicted molar refractivity (Wildman–Crippen MR) is 134 cm³/mol. The summed E-state index contributed by atoms with van der Waals surface area (Å²) in [5.41, 5.74) is 4.28. The number of rotatable bonds is 6. The molecule has 2 aliphatic heterocycles. The molecule has 10 heteroatoms. The molecule has 0 aliphatic carbocycles. The Kier molecular flexibility index (Phi) is 5.86. The molecule has 0 amide bonds. The van der Waals surface area contributed by atoms with Gasteiger partial charge in [0.2, 0.25) is 5.13 Å². The van der Waals surface area contributed by atoms with Crippen molar-refractivity contribution < 1.29 is 4.74 Å². The van der Waals surface area contributed by atoms with Gasteiger partial charge in [0.15, 0.2) is 0 Å². The molecule has 2 aliphatic rings. The summed E-state index contributed by atoms with van der Waals surface area (Å²) in [4.78, 5) is 19.3. The zero-order valence-electron chi connectivity index (χ0n) is 19.3. The molecule has 176 valence electrons. The van der Waals surface area contributed by atoms with Crippen LogP contribution in [-0.2, 0) is 11.3 Å². The van der Waals surface area contributed by atoms with Crippen molar-refractivity contribution >= 4 is 38.9 Å². The van der Waals surface area contributed by atoms with E-state index in [0.717, 1.165) is 84.3 Å². The van der Waals surface area contributed by atoms with E-state index in [1.807, 2.05) is 36.0 Å². The number of pyridine rings is 2. The van der Waals surface area contributed by atoms with Crippen LogP contribution in [0.4, 0.5) is 17.3 Å². The predicted octanol–water partition coefficient (Wildman–Crippen LogP) is 3.76. The Morgan fingerprint density at radius 2 is 1.88 bits per heavy atom. The number of nitrogens with one attached hydrogen (secondary N) is 1. The molecule has 6 heterocycles. The minimum Gasteiger partial charge on any atom is -0.378 e. The maximum atomic E-state index is 5.56. The van der Waals surface area contributed by atoms with Crippen molar-refractivity contribution in [3.63, 3.8) is 0 Å². The summed E-state index contributed by atoms with van der Waals surface area (Å²) < 4.78 is 8.44. The van der Waals surface area contributed by atoms with Crippen molar-refractivity contribution in [1.29, 1.82) is 0 Å². The lowest BCUT2D eigenvalue weighted by Gasteiger charge is -2.31. The molecule has 2 fully saturated rings. The second-order valence-electron chi connectivity index (χ2n) is 8.79. The zero-order chi connectivity index (χ0) is 22.9. The van der Waals surface area contributed by atoms with E-state index in [1.54, 1.807) is 17.5 Å². The quantitative estimate of drug-likeness (QED) is 0.450. The van der Waals surface area contributed by atoms with Gasteiger partial charge in [-0.1, -0.05) is 11.3 Å². The second-order valence-corrected chi connectivity index (χ2v) is 9.80. The summed E-state index contributed by atoms with van der Waals surface area (Å²) in [6.07, 6.45) is 6.19. The fourth-order valence-electron chi connectivity index (χ4n) is 4.61. The average Bonchev–Trinajstić information content (AvgIpc) is 3.61. The van der Waals surface area contributed by atoms with Gasteiger partial charge < -0.3 is 15.0 Å². The number of hydrogen-bond donors (Lipinski definition) is 1. The summed E-state index contributed by atoms with van der Waals surface area (Å²) in [5.74, 6) is 1.54. The minimum absolute atomic E-state index is 0.736. The third-order valence-corrected chi connectivity index (χ3v) is 7.39. The molecule has 0 unspecified atom stereocenters. The van der Waals surface area contributed by atoms with E-state index in [-0.39, 0.29) is 0 Å². The van der Waals surface area contributed by atoms with Gasteiger partial charge in [0.05, 0.1) is 34.8 Å². The Morgan fingerprint density at radius 3 is 2.68 bits per heavy atom. The monoisotopic (exact) mass is 476 g/mol. The molecule has 6 rings (SSSR count). The molecule has 34 heavy (non-hydrogen) atoms. The van der Waals surface area contributed by atoms with Crippen LogP contribution in [0.2, 0.25) is 0 Å². The van der Waals surface area contributed by atoms with Gasteiger partial charge >= 0.3 is 0 Å². The Bertz CT molecular complexity index is 1290. The van der Waals surface area contributed by atoms with Gasteiger partial charge in [-0.15, -0.1) is 0 Å². The Balaban J connectivity index is 1.27. The highest BCUT2D eigenvalue weighted by Gasteiger charge is 2.20. The SMILES string of the molecule is Cc1ccnn1-c1nc2cc(Nc3ccc(N4CCOCC4)c(CN4CCCC4)n3)ncc2s1. The lowest BCUT2D eigenvalue weighted by molar-refractivity contribution is 0.122. The molecular weight excluding hydrogens is 448 g/mol. The number of aromatic nitrogens is 5. The lowest BCUT2D eigenvalue weighted by atomic mass is 10.2. The molecule has 4 aromatic rings. The van der Waals surface area contributed by atoms with Crippen molar-refractivity contribution in [2.45, 2.75) is 26.3 Å². The van der Waals surface area contributed by atoms with Crippen LogP contribution in [0.15, 0.2) is 36.7 Å². The van der Waals surface area contributed by atoms with E-state index in [2.05, 4.69) is 31.3 Å². The molecule has 9 nitrogen and oxygen atoms in total. The fourth-order valence-corrected chi connectivity index (χ4v) is 5.54. The molecule has 1 N–H and O–H groups in total. The van der Waals surface area contributed by atoms with Crippen LogP contribution in [0.25, 0.3) is 15.3 Å². The van der Waals surface area contributed by atoms with E-state index < -0.39 is 0 Å². The van der Waals surface area contributed by atoms with Gasteiger partial charge in [0, 0.05) is 43.8 Å². The normalized spacial score (nSPS) is 17.0. The summed E-state index contributed by atoms with van der Waals surface area (Å²) in [5, 5.41) is 8.62. The van der Waals surface area contributed by atoms with Crippen molar-refractivity contribution in [3.05, 3.63) is 48.0 Å². The first-order chi connectivity index (χ1) is 16.7. The smallest absolute Gasteiger partial charge is 0.211 e. The van der Waals surface area contributed by atoms with E-state index in [1.165, 1.54) is 18.5 Å². The highest BCUT2D eigenvalue weighted by atomic mass is 32.1. The van der Waals surface area contributed by atoms with E-state index in [9.17, 15) is 0 Å². The molecule has 4 aromatic heterocycles. The number of likely N-dealkylation sites (tertiary alicyclic amines) is 1. The molecule has 2 saturated heterocycles. The molecule has 0 aromatic carbocycles. The highest BCUT2D eigenvalue weighted by Crippen LogP contribution is 2.29. The Hall–Kier alpha value is -3.08. The molecule has 0 spiro atoms. The van der Waals surface area contributed by atoms with Crippen LogP contribution < -0.4 is 10.2 Å². The number of hydrogen-bond acceptors (Lipinski definition) is 9. The number of aryl methyl sites for hydroxylation is 1. The van der Waals surface area contributed by atoms with Crippen molar-refractivity contribution in [2.24, 2.45) is 0 Å². The minimum atomic E-state index is 0.736. The van der Waals surface area contributed by atoms with Crippen LogP contribution in [0.1, 0.15) is 24.2 Å². The standard InChI is InChI=1S/C24H28N8OS/c1-17-6-7-26-32(17)24-28-18-14-23(25-15-21(18)34-24)29-22-5-4-20(31-10-12-33-13-11-31)19(27-22)16-30-8-2-3-9-30/h4-7,14-15H,2-3,8-13,16H2,1H3,(H,25,27,29). The van der Waals surface area contributed by atoms with Gasteiger partial charge in [0.25, 0.3) is 0 Å². The van der Waals surface area contributed by atoms with E-state index in [4.69, 9.17) is 14.7 Å². The maximum absolute atomic E-state index is 5.56. The number of anilines is 3. The van der Waals surface area contributed by atoms with E-state index >= 15 is 0 Å². The van der Waals surface area contributed by atoms with Crippen LogP contribution in [0.3, 0.4) is 0 Å². The zero-order valence-corrected chi connectivity index (χ0v) is 20.1. The summed E-state index contributed by atoms with van der Waals surface area (Å²) in [6.45, 7) is 8.51. The third kappa shape index (κ3) is 4.36. The number of fused-ring (bicyclic) bond motifs is 1. The first kappa shape index (κ1) is 21.5. The van der Waals surface area contributed by atoms with Crippen molar-refractivity contribution in [2.75, 3.05) is 49.6 Å². The van der Waals surface area contributed by atoms with Gasteiger partial charge in [-0.2, -0.15) is 5.10 Å². The first-order valence-corrected chi connectivity index (χ1v) is 12.6. The summed E-state index contributed by atoms with van der Waals surface area (Å²) in [6, 6.07) is 8.19. The van der Waals surface area contributed by atoms with Gasteiger partial charge in [-0.3, -0.25) is 4.90 Å².